The highest BCUT2D eigenvalue weighted by molar-refractivity contribution is 5.79. The Kier molecular flexibility index (Phi) is 7.49. The van der Waals surface area contributed by atoms with Crippen molar-refractivity contribution in [2.45, 2.75) is 26.6 Å². The van der Waals surface area contributed by atoms with E-state index in [2.05, 4.69) is 0 Å². The van der Waals surface area contributed by atoms with Crippen LogP contribution < -0.4 is 0 Å². The molecule has 0 aromatic heterocycles. The Morgan fingerprint density at radius 2 is 1.76 bits per heavy atom. The van der Waals surface area contributed by atoms with E-state index in [1.54, 1.807) is 14.1 Å². The van der Waals surface area contributed by atoms with Crippen LogP contribution in [0.4, 0.5) is 0 Å². The van der Waals surface area contributed by atoms with Crippen molar-refractivity contribution in [3.63, 3.8) is 0 Å². The van der Waals surface area contributed by atoms with Crippen LogP contribution in [0.2, 0.25) is 0 Å². The van der Waals surface area contributed by atoms with E-state index in [0.717, 1.165) is 0 Å². The minimum atomic E-state index is -1.48. The zero-order valence-corrected chi connectivity index (χ0v) is 11.0. The molecule has 1 atom stereocenters. The average Bonchev–Trinajstić information content (AvgIpc) is 2.29. The van der Waals surface area contributed by atoms with Crippen LogP contribution in [0.1, 0.15) is 20.3 Å². The molecule has 0 rings (SSSR count). The first kappa shape index (κ1) is 15.9. The zero-order chi connectivity index (χ0) is 13.4. The summed E-state index contributed by atoms with van der Waals surface area (Å²) in [4.78, 5) is 25.7. The topological polar surface area (TPSA) is 70.1 Å². The molecular formula is C11H22N2O4. The standard InChI is InChI=1S/C11H22N2O4/c1-5-13(6-2)10(15)11(16)17-8-7-9(14)12(3)4/h11,16H,5-8H2,1-4H3. The second kappa shape index (κ2) is 8.03. The van der Waals surface area contributed by atoms with Crippen LogP contribution in [-0.4, -0.2) is 66.8 Å². The van der Waals surface area contributed by atoms with Gasteiger partial charge >= 0.3 is 0 Å². The van der Waals surface area contributed by atoms with Gasteiger partial charge in [-0.1, -0.05) is 0 Å². The van der Waals surface area contributed by atoms with Crippen LogP contribution in [0.3, 0.4) is 0 Å². The lowest BCUT2D eigenvalue weighted by Gasteiger charge is -2.22. The van der Waals surface area contributed by atoms with Crippen molar-refractivity contribution in [3.05, 3.63) is 0 Å². The van der Waals surface area contributed by atoms with E-state index in [4.69, 9.17) is 4.74 Å². The summed E-state index contributed by atoms with van der Waals surface area (Å²) < 4.78 is 4.93. The maximum Gasteiger partial charge on any atom is 0.279 e. The molecule has 0 saturated heterocycles. The van der Waals surface area contributed by atoms with Gasteiger partial charge in [-0.25, -0.2) is 0 Å². The predicted molar refractivity (Wildman–Crippen MR) is 63.2 cm³/mol. The molecule has 0 aromatic rings. The Morgan fingerprint density at radius 1 is 1.24 bits per heavy atom. The summed E-state index contributed by atoms with van der Waals surface area (Å²) in [5, 5.41) is 9.46. The third-order valence-electron chi connectivity index (χ3n) is 2.38. The van der Waals surface area contributed by atoms with E-state index in [-0.39, 0.29) is 18.9 Å². The quantitative estimate of drug-likeness (QED) is 0.624. The second-order valence-corrected chi connectivity index (χ2v) is 3.77. The van der Waals surface area contributed by atoms with Gasteiger partial charge in [0.05, 0.1) is 13.0 Å². The van der Waals surface area contributed by atoms with Crippen LogP contribution in [0.25, 0.3) is 0 Å². The normalized spacial score (nSPS) is 12.1. The van der Waals surface area contributed by atoms with E-state index >= 15 is 0 Å². The Hall–Kier alpha value is -1.14. The highest BCUT2D eigenvalue weighted by atomic mass is 16.6. The summed E-state index contributed by atoms with van der Waals surface area (Å²) in [6, 6.07) is 0. The summed E-state index contributed by atoms with van der Waals surface area (Å²) in [5.41, 5.74) is 0. The van der Waals surface area contributed by atoms with Crippen molar-refractivity contribution >= 4 is 11.8 Å². The largest absolute Gasteiger partial charge is 0.361 e. The first-order valence-corrected chi connectivity index (χ1v) is 5.72. The molecule has 0 fully saturated rings. The zero-order valence-electron chi connectivity index (χ0n) is 11.0. The van der Waals surface area contributed by atoms with Gasteiger partial charge in [0.1, 0.15) is 0 Å². The summed E-state index contributed by atoms with van der Waals surface area (Å²) >= 11 is 0. The van der Waals surface area contributed by atoms with Gasteiger partial charge in [0, 0.05) is 27.2 Å². The number of carbonyl (C=O) groups is 2. The number of carbonyl (C=O) groups excluding carboxylic acids is 2. The Morgan fingerprint density at radius 3 is 2.18 bits per heavy atom. The minimum Gasteiger partial charge on any atom is -0.361 e. The van der Waals surface area contributed by atoms with Crippen LogP contribution in [0.15, 0.2) is 0 Å². The number of nitrogens with zero attached hydrogens (tertiary/aromatic N) is 2. The first-order chi connectivity index (χ1) is 7.93. The molecule has 1 unspecified atom stereocenters. The van der Waals surface area contributed by atoms with Gasteiger partial charge in [-0.2, -0.15) is 0 Å². The molecule has 17 heavy (non-hydrogen) atoms. The van der Waals surface area contributed by atoms with Gasteiger partial charge in [0.15, 0.2) is 0 Å². The highest BCUT2D eigenvalue weighted by Gasteiger charge is 2.20. The van der Waals surface area contributed by atoms with Crippen LogP contribution in [0, 0.1) is 0 Å². The lowest BCUT2D eigenvalue weighted by molar-refractivity contribution is -0.170. The number of rotatable bonds is 7. The van der Waals surface area contributed by atoms with Gasteiger partial charge < -0.3 is 19.6 Å². The molecule has 6 nitrogen and oxygen atoms in total. The van der Waals surface area contributed by atoms with E-state index in [0.29, 0.717) is 13.1 Å². The molecule has 6 heteroatoms. The fourth-order valence-electron chi connectivity index (χ4n) is 1.24. The maximum atomic E-state index is 11.6. The predicted octanol–water partition coefficient (Wildman–Crippen LogP) is -0.332. The van der Waals surface area contributed by atoms with Crippen molar-refractivity contribution in [2.24, 2.45) is 0 Å². The van der Waals surface area contributed by atoms with Gasteiger partial charge in [0.2, 0.25) is 12.2 Å². The fourth-order valence-corrected chi connectivity index (χ4v) is 1.24. The number of aliphatic hydroxyl groups is 1. The molecule has 0 aliphatic carbocycles. The maximum absolute atomic E-state index is 11.6. The Bertz CT molecular complexity index is 252. The van der Waals surface area contributed by atoms with Crippen molar-refractivity contribution in [2.75, 3.05) is 33.8 Å². The lowest BCUT2D eigenvalue weighted by Crippen LogP contribution is -2.40. The van der Waals surface area contributed by atoms with Crippen molar-refractivity contribution in [3.8, 4) is 0 Å². The van der Waals surface area contributed by atoms with Crippen LogP contribution in [-0.2, 0) is 14.3 Å². The van der Waals surface area contributed by atoms with Crippen LogP contribution >= 0.6 is 0 Å². The van der Waals surface area contributed by atoms with Crippen molar-refractivity contribution in [1.82, 2.24) is 9.80 Å². The molecule has 0 bridgehead atoms. The molecule has 100 valence electrons. The van der Waals surface area contributed by atoms with Gasteiger partial charge in [-0.05, 0) is 13.8 Å². The molecule has 0 radical (unpaired) electrons. The van der Waals surface area contributed by atoms with E-state index < -0.39 is 12.2 Å². The summed E-state index contributed by atoms with van der Waals surface area (Å²) in [5.74, 6) is -0.570. The summed E-state index contributed by atoms with van der Waals surface area (Å²) in [7, 11) is 3.28. The summed E-state index contributed by atoms with van der Waals surface area (Å²) in [6.45, 7) is 4.72. The van der Waals surface area contributed by atoms with Gasteiger partial charge in [0.25, 0.3) is 5.91 Å². The molecule has 0 aromatic carbocycles. The van der Waals surface area contributed by atoms with E-state index in [1.807, 2.05) is 13.8 Å². The first-order valence-electron chi connectivity index (χ1n) is 5.72. The molecule has 0 spiro atoms. The number of likely N-dealkylation sites (N-methyl/N-ethyl adjacent to an activating group) is 1. The minimum absolute atomic E-state index is 0.0329. The number of hydrogen-bond donors (Lipinski definition) is 1. The van der Waals surface area contributed by atoms with Gasteiger partial charge in [-0.15, -0.1) is 0 Å². The molecule has 0 aliphatic rings. The monoisotopic (exact) mass is 246 g/mol. The van der Waals surface area contributed by atoms with Crippen LogP contribution in [0.5, 0.6) is 0 Å². The number of amides is 2. The Balaban J connectivity index is 3.97. The van der Waals surface area contributed by atoms with E-state index in [1.165, 1.54) is 9.80 Å². The smallest absolute Gasteiger partial charge is 0.279 e. The molecule has 0 heterocycles. The van der Waals surface area contributed by atoms with Crippen molar-refractivity contribution in [1.29, 1.82) is 0 Å². The SMILES string of the molecule is CCN(CC)C(=O)C(O)OCCC(=O)N(C)C. The summed E-state index contributed by atoms with van der Waals surface area (Å²) in [6.07, 6.45) is -1.33. The molecule has 0 aliphatic heterocycles. The third-order valence-corrected chi connectivity index (χ3v) is 2.38. The second-order valence-electron chi connectivity index (χ2n) is 3.77. The van der Waals surface area contributed by atoms with E-state index in [9.17, 15) is 14.7 Å². The molecular weight excluding hydrogens is 224 g/mol. The molecule has 0 saturated carbocycles. The van der Waals surface area contributed by atoms with Gasteiger partial charge in [-0.3, -0.25) is 9.59 Å². The molecule has 1 N–H and O–H groups in total. The fraction of sp³-hybridized carbons (Fsp3) is 0.818. The number of ether oxygens (including phenoxy) is 1. The number of hydrogen-bond acceptors (Lipinski definition) is 4. The average molecular weight is 246 g/mol. The van der Waals surface area contributed by atoms with Crippen molar-refractivity contribution < 1.29 is 19.4 Å². The lowest BCUT2D eigenvalue weighted by atomic mass is 10.4. The Labute approximate surface area is 102 Å². The molecule has 2 amide bonds. The third kappa shape index (κ3) is 5.65. The highest BCUT2D eigenvalue weighted by Crippen LogP contribution is 1.98. The number of aliphatic hydroxyl groups excluding tert-OH is 1.